The van der Waals surface area contributed by atoms with Crippen molar-refractivity contribution in [1.82, 2.24) is 14.9 Å². The predicted molar refractivity (Wildman–Crippen MR) is 141 cm³/mol. The Morgan fingerprint density at radius 1 is 1.20 bits per heavy atom. The predicted octanol–water partition coefficient (Wildman–Crippen LogP) is 4.91. The molecule has 0 bridgehead atoms. The SMILES string of the molecule is O=S(=O)(c1cccs1)N(CC1CC1)c1cccc2cc(-c3ncc(CN4CCCC(O)C4)s3)[nH]c12. The number of fused-ring (bicyclic) bond motifs is 1. The zero-order valence-corrected chi connectivity index (χ0v) is 21.7. The number of piperidine rings is 1. The molecule has 4 aromatic rings. The summed E-state index contributed by atoms with van der Waals surface area (Å²) in [5.41, 5.74) is 2.40. The third-order valence-corrected chi connectivity index (χ3v) is 10.9. The van der Waals surface area contributed by atoms with Gasteiger partial charge in [0.1, 0.15) is 9.22 Å². The Balaban J connectivity index is 1.32. The standard InChI is InChI=1S/C25H28N4O3S3/c30-19-5-2-10-28(15-19)16-20-13-26-25(34-20)21-12-18-4-1-6-22(24(18)27-21)29(14-17-8-9-17)35(31,32)23-7-3-11-33-23/h1,3-4,6-7,11-13,17,19,27,30H,2,5,8-10,14-16H2. The third-order valence-electron chi connectivity index (χ3n) is 6.71. The molecule has 0 radical (unpaired) electrons. The fourth-order valence-corrected chi connectivity index (χ4v) is 8.33. The van der Waals surface area contributed by atoms with Crippen molar-refractivity contribution in [2.75, 3.05) is 23.9 Å². The molecule has 10 heteroatoms. The van der Waals surface area contributed by atoms with E-state index in [2.05, 4.69) is 20.9 Å². The lowest BCUT2D eigenvalue weighted by molar-refractivity contribution is 0.0673. The number of likely N-dealkylation sites (tertiary alicyclic amines) is 1. The number of aliphatic hydroxyl groups is 1. The number of H-pyrrole nitrogens is 1. The van der Waals surface area contributed by atoms with Gasteiger partial charge < -0.3 is 10.1 Å². The Bertz CT molecular complexity index is 1420. The molecule has 0 amide bonds. The molecule has 1 unspecified atom stereocenters. The van der Waals surface area contributed by atoms with Crippen molar-refractivity contribution >= 4 is 49.3 Å². The fraction of sp³-hybridized carbons (Fsp3) is 0.400. The van der Waals surface area contributed by atoms with E-state index in [4.69, 9.17) is 0 Å². The van der Waals surface area contributed by atoms with Gasteiger partial charge in [0.25, 0.3) is 10.0 Å². The normalized spacial score (nSPS) is 19.4. The number of thiophene rings is 1. The number of hydrogen-bond donors (Lipinski definition) is 2. The number of aromatic amines is 1. The summed E-state index contributed by atoms with van der Waals surface area (Å²) in [7, 11) is -3.64. The number of nitrogens with one attached hydrogen (secondary N) is 1. The molecule has 184 valence electrons. The van der Waals surface area contributed by atoms with E-state index in [1.807, 2.05) is 24.4 Å². The second-order valence-corrected chi connectivity index (χ2v) is 13.7. The minimum atomic E-state index is -3.64. The van der Waals surface area contributed by atoms with Gasteiger partial charge >= 0.3 is 0 Å². The number of rotatable bonds is 8. The van der Waals surface area contributed by atoms with Gasteiger partial charge in [-0.2, -0.15) is 0 Å². The van der Waals surface area contributed by atoms with Crippen LogP contribution in [-0.2, 0) is 16.6 Å². The van der Waals surface area contributed by atoms with Gasteiger partial charge in [-0.25, -0.2) is 13.4 Å². The van der Waals surface area contributed by atoms with Gasteiger partial charge in [-0.15, -0.1) is 22.7 Å². The smallest absolute Gasteiger partial charge is 0.273 e. The first-order chi connectivity index (χ1) is 17.0. The van der Waals surface area contributed by atoms with Gasteiger partial charge in [-0.1, -0.05) is 18.2 Å². The molecule has 7 nitrogen and oxygen atoms in total. The number of para-hydroxylation sites is 1. The van der Waals surface area contributed by atoms with Gasteiger partial charge in [0.15, 0.2) is 0 Å². The van der Waals surface area contributed by atoms with Crippen LogP contribution in [0.5, 0.6) is 0 Å². The number of sulfonamides is 1. The lowest BCUT2D eigenvalue weighted by Gasteiger charge is -2.29. The number of aromatic nitrogens is 2. The first-order valence-corrected chi connectivity index (χ1v) is 15.1. The van der Waals surface area contributed by atoms with Crippen molar-refractivity contribution in [3.05, 3.63) is 52.9 Å². The summed E-state index contributed by atoms with van der Waals surface area (Å²) >= 11 is 2.90. The lowest BCUT2D eigenvalue weighted by Crippen LogP contribution is -2.37. The Morgan fingerprint density at radius 2 is 2.09 bits per heavy atom. The van der Waals surface area contributed by atoms with E-state index in [1.54, 1.807) is 33.2 Å². The minimum Gasteiger partial charge on any atom is -0.392 e. The molecule has 1 aliphatic carbocycles. The van der Waals surface area contributed by atoms with Crippen LogP contribution >= 0.6 is 22.7 Å². The van der Waals surface area contributed by atoms with Crippen molar-refractivity contribution in [2.45, 2.75) is 42.5 Å². The molecular formula is C25H28N4O3S3. The molecule has 2 N–H and O–H groups in total. The minimum absolute atomic E-state index is 0.243. The first kappa shape index (κ1) is 23.2. The average molecular weight is 529 g/mol. The summed E-state index contributed by atoms with van der Waals surface area (Å²) in [5.74, 6) is 0.407. The highest BCUT2D eigenvalue weighted by Crippen LogP contribution is 2.39. The largest absolute Gasteiger partial charge is 0.392 e. The summed E-state index contributed by atoms with van der Waals surface area (Å²) in [4.78, 5) is 11.6. The van der Waals surface area contributed by atoms with Crippen molar-refractivity contribution in [1.29, 1.82) is 0 Å². The maximum Gasteiger partial charge on any atom is 0.273 e. The van der Waals surface area contributed by atoms with E-state index >= 15 is 0 Å². The number of β-amino-alcohol motifs (C(OH)–C–C–N with tert-alkyl or cyclic N) is 1. The van der Waals surface area contributed by atoms with Crippen LogP contribution in [0, 0.1) is 5.92 Å². The summed E-state index contributed by atoms with van der Waals surface area (Å²) in [6, 6.07) is 11.3. The first-order valence-electron chi connectivity index (χ1n) is 12.0. The van der Waals surface area contributed by atoms with Crippen LogP contribution in [-0.4, -0.2) is 54.1 Å². The number of thiazole rings is 1. The molecule has 1 atom stereocenters. The lowest BCUT2D eigenvalue weighted by atomic mass is 10.1. The van der Waals surface area contributed by atoms with E-state index < -0.39 is 10.0 Å². The zero-order chi connectivity index (χ0) is 24.0. The van der Waals surface area contributed by atoms with Crippen molar-refractivity contribution < 1.29 is 13.5 Å². The Labute approximate surface area is 213 Å². The van der Waals surface area contributed by atoms with E-state index in [-0.39, 0.29) is 6.10 Å². The second kappa shape index (κ2) is 9.33. The molecule has 1 aromatic carbocycles. The maximum absolute atomic E-state index is 13.6. The molecule has 1 aliphatic heterocycles. The molecule has 4 heterocycles. The van der Waals surface area contributed by atoms with Crippen LogP contribution < -0.4 is 4.31 Å². The zero-order valence-electron chi connectivity index (χ0n) is 19.3. The number of nitrogens with zero attached hydrogens (tertiary/aromatic N) is 3. The molecule has 1 saturated heterocycles. The third kappa shape index (κ3) is 4.77. The van der Waals surface area contributed by atoms with Crippen LogP contribution in [0.25, 0.3) is 21.6 Å². The summed E-state index contributed by atoms with van der Waals surface area (Å²) in [6.45, 7) is 2.99. The van der Waals surface area contributed by atoms with E-state index in [1.165, 1.54) is 11.3 Å². The second-order valence-electron chi connectivity index (χ2n) is 9.50. The number of anilines is 1. The average Bonchev–Trinajstić information content (AvgIpc) is 3.25. The van der Waals surface area contributed by atoms with Crippen LogP contribution in [0.1, 0.15) is 30.6 Å². The Hall–Kier alpha value is -2.24. The van der Waals surface area contributed by atoms with E-state index in [0.29, 0.717) is 28.9 Å². The monoisotopic (exact) mass is 528 g/mol. The Kier molecular flexibility index (Phi) is 6.18. The van der Waals surface area contributed by atoms with Gasteiger partial charge in [0.05, 0.1) is 23.0 Å². The topological polar surface area (TPSA) is 89.5 Å². The summed E-state index contributed by atoms with van der Waals surface area (Å²) in [6.07, 6.45) is 5.70. The molecule has 35 heavy (non-hydrogen) atoms. The van der Waals surface area contributed by atoms with Crippen molar-refractivity contribution in [3.8, 4) is 10.7 Å². The van der Waals surface area contributed by atoms with Crippen LogP contribution in [0.4, 0.5) is 5.69 Å². The number of aliphatic hydroxyl groups excluding tert-OH is 1. The van der Waals surface area contributed by atoms with Gasteiger partial charge in [0.2, 0.25) is 0 Å². The van der Waals surface area contributed by atoms with Crippen molar-refractivity contribution in [2.24, 2.45) is 5.92 Å². The number of hydrogen-bond acceptors (Lipinski definition) is 7. The van der Waals surface area contributed by atoms with Gasteiger partial charge in [-0.3, -0.25) is 9.21 Å². The van der Waals surface area contributed by atoms with Crippen molar-refractivity contribution in [3.63, 3.8) is 0 Å². The molecule has 1 saturated carbocycles. The van der Waals surface area contributed by atoms with Gasteiger partial charge in [0, 0.05) is 36.1 Å². The molecule has 3 aromatic heterocycles. The van der Waals surface area contributed by atoms with Gasteiger partial charge in [-0.05, 0) is 61.7 Å². The highest BCUT2D eigenvalue weighted by molar-refractivity contribution is 7.94. The van der Waals surface area contributed by atoms with Crippen LogP contribution in [0.3, 0.4) is 0 Å². The molecule has 2 aliphatic rings. The highest BCUT2D eigenvalue weighted by atomic mass is 32.2. The maximum atomic E-state index is 13.6. The Morgan fingerprint density at radius 3 is 2.86 bits per heavy atom. The molecule has 2 fully saturated rings. The van der Waals surface area contributed by atoms with E-state index in [0.717, 1.165) is 65.3 Å². The molecule has 0 spiro atoms. The van der Waals surface area contributed by atoms with E-state index in [9.17, 15) is 13.5 Å². The summed E-state index contributed by atoms with van der Waals surface area (Å²) < 4.78 is 29.1. The van der Waals surface area contributed by atoms with Crippen LogP contribution in [0.15, 0.2) is 52.2 Å². The fourth-order valence-electron chi connectivity index (χ4n) is 4.74. The molecular weight excluding hydrogens is 501 g/mol. The highest BCUT2D eigenvalue weighted by Gasteiger charge is 2.33. The number of benzene rings is 1. The van der Waals surface area contributed by atoms with Crippen LogP contribution in [0.2, 0.25) is 0 Å². The molecule has 6 rings (SSSR count). The quantitative estimate of drug-likeness (QED) is 0.339. The summed E-state index contributed by atoms with van der Waals surface area (Å²) in [5, 5.41) is 13.6.